The minimum absolute atomic E-state index is 0.0392. The van der Waals surface area contributed by atoms with Crippen molar-refractivity contribution in [2.45, 2.75) is 102 Å². The number of hydrogen-bond acceptors (Lipinski definition) is 11. The van der Waals surface area contributed by atoms with Crippen molar-refractivity contribution in [1.29, 1.82) is 0 Å². The lowest BCUT2D eigenvalue weighted by Crippen LogP contribution is -2.56. The molecule has 55 heavy (non-hydrogen) atoms. The molecule has 4 N–H and O–H groups in total. The molecule has 0 bridgehead atoms. The highest BCUT2D eigenvalue weighted by atomic mass is 35.5. The van der Waals surface area contributed by atoms with Crippen molar-refractivity contribution >= 4 is 62.8 Å². The number of carbonyl (C=O) groups is 4. The average molecular weight is 795 g/mol. The van der Waals surface area contributed by atoms with Crippen LogP contribution in [-0.4, -0.2) is 93.4 Å². The summed E-state index contributed by atoms with van der Waals surface area (Å²) in [5, 5.41) is 20.1. The fourth-order valence-corrected chi connectivity index (χ4v) is 9.27. The van der Waals surface area contributed by atoms with Gasteiger partial charge in [0.15, 0.2) is 5.13 Å². The third kappa shape index (κ3) is 7.91. The molecule has 4 aliphatic rings. The smallest absolute Gasteiger partial charge is 0.408 e. The number of aromatic nitrogens is 2. The number of carboxylic acid groups (broad SMARTS) is 1. The second-order valence-corrected chi connectivity index (χ2v) is 17.2. The number of alkyl carbamates (subject to hydrolysis) is 1. The number of rotatable bonds is 14. The van der Waals surface area contributed by atoms with E-state index in [9.17, 15) is 24.3 Å². The standard InChI is InChI=1S/C39H47ClN6O8S/c1-7-22-16-39(22,36(49)50)45-34(47)29-14-25(17-46(29)35(48)31(18(2)3)44-38(51)54-24-11-20-10-21(20)12-24)53-30-15-28(32-33(40)55-37(43-32)41-19(4)5)42-27-13-23(52-6)8-9-26(27)30/h8-9,13,15,19-22,24-25,29,31H,2,7,10-12,14,16-17H2,1,3-6H3,(H,41,43)(H,44,51)(H,45,47)(H,49,50)/t20-,21+,22-,24?,25-,29+,31+,39-/m1/s1. The van der Waals surface area contributed by atoms with Crippen molar-refractivity contribution < 1.29 is 38.5 Å². The van der Waals surface area contributed by atoms with Gasteiger partial charge >= 0.3 is 12.1 Å². The summed E-state index contributed by atoms with van der Waals surface area (Å²) < 4.78 is 18.2. The van der Waals surface area contributed by atoms with Crippen LogP contribution in [0.2, 0.25) is 4.34 Å². The van der Waals surface area contributed by atoms with Crippen molar-refractivity contribution in [3.8, 4) is 22.9 Å². The maximum atomic E-state index is 14.4. The summed E-state index contributed by atoms with van der Waals surface area (Å²) in [5.41, 5.74) is 0.377. The van der Waals surface area contributed by atoms with Crippen LogP contribution < -0.4 is 25.4 Å². The van der Waals surface area contributed by atoms with Crippen LogP contribution in [0.3, 0.4) is 0 Å². The Bertz CT molecular complexity index is 2030. The number of aliphatic carboxylic acids is 1. The minimum Gasteiger partial charge on any atom is -0.497 e. The van der Waals surface area contributed by atoms with E-state index >= 15 is 0 Å². The number of halogens is 1. The topological polar surface area (TPSA) is 181 Å². The van der Waals surface area contributed by atoms with Crippen LogP contribution in [0.25, 0.3) is 22.3 Å². The monoisotopic (exact) mass is 794 g/mol. The Morgan fingerprint density at radius 2 is 1.85 bits per heavy atom. The summed E-state index contributed by atoms with van der Waals surface area (Å²) in [5.74, 6) is -0.381. The Hall–Kier alpha value is -4.63. The summed E-state index contributed by atoms with van der Waals surface area (Å²) in [6, 6.07) is 4.90. The predicted octanol–water partition coefficient (Wildman–Crippen LogP) is 6.03. The van der Waals surface area contributed by atoms with Crippen LogP contribution in [0.5, 0.6) is 11.5 Å². The number of likely N-dealkylation sites (tertiary alicyclic amines) is 1. The molecule has 294 valence electrons. The second-order valence-electron chi connectivity index (χ2n) is 15.6. The SMILES string of the molecule is C=C(C)[C@H](NC(=O)OC1C[C@@H]2C[C@@H]2C1)C(=O)N1C[C@H](Oc2cc(-c3nc(NC(C)C)sc3Cl)nc3cc(OC)ccc23)C[C@H]1C(=O)N[C@]1(C(=O)O)C[C@H]1CC. The van der Waals surface area contributed by atoms with Crippen LogP contribution in [0.4, 0.5) is 9.93 Å². The van der Waals surface area contributed by atoms with Gasteiger partial charge in [-0.25, -0.2) is 19.6 Å². The number of nitrogens with zero attached hydrogens (tertiary/aromatic N) is 3. The van der Waals surface area contributed by atoms with Gasteiger partial charge in [-0.1, -0.05) is 42.9 Å². The van der Waals surface area contributed by atoms with Gasteiger partial charge in [0, 0.05) is 30.0 Å². The largest absolute Gasteiger partial charge is 0.497 e. The third-order valence-corrected chi connectivity index (χ3v) is 12.3. The zero-order valence-electron chi connectivity index (χ0n) is 31.5. The first-order valence-electron chi connectivity index (χ1n) is 18.8. The van der Waals surface area contributed by atoms with Crippen LogP contribution in [0, 0.1) is 17.8 Å². The molecule has 0 spiro atoms. The number of carboxylic acids is 1. The molecule has 7 rings (SSSR count). The van der Waals surface area contributed by atoms with Gasteiger partial charge in [0.1, 0.15) is 51.4 Å². The maximum absolute atomic E-state index is 14.4. The van der Waals surface area contributed by atoms with E-state index in [4.69, 9.17) is 35.8 Å². The second kappa shape index (κ2) is 15.1. The number of benzene rings is 1. The molecule has 3 amide bonds. The molecule has 3 aromatic rings. The molecule has 14 nitrogen and oxygen atoms in total. The van der Waals surface area contributed by atoms with Gasteiger partial charge in [0.2, 0.25) is 11.8 Å². The van der Waals surface area contributed by atoms with Gasteiger partial charge in [-0.2, -0.15) is 0 Å². The molecule has 1 saturated heterocycles. The molecular formula is C39H47ClN6O8S. The Kier molecular flexibility index (Phi) is 10.6. The van der Waals surface area contributed by atoms with Gasteiger partial charge in [-0.3, -0.25) is 9.59 Å². The summed E-state index contributed by atoms with van der Waals surface area (Å²) in [6.45, 7) is 11.4. The van der Waals surface area contributed by atoms with E-state index in [1.54, 1.807) is 32.2 Å². The Morgan fingerprint density at radius 1 is 1.11 bits per heavy atom. The quantitative estimate of drug-likeness (QED) is 0.140. The molecule has 1 aromatic carbocycles. The first kappa shape index (κ1) is 38.6. The highest BCUT2D eigenvalue weighted by Crippen LogP contribution is 2.52. The number of amides is 3. The predicted molar refractivity (Wildman–Crippen MR) is 207 cm³/mol. The van der Waals surface area contributed by atoms with Crippen molar-refractivity contribution in [2.24, 2.45) is 17.8 Å². The Labute approximate surface area is 328 Å². The summed E-state index contributed by atoms with van der Waals surface area (Å²) in [6.07, 6.45) is 2.02. The van der Waals surface area contributed by atoms with E-state index in [2.05, 4.69) is 22.5 Å². The lowest BCUT2D eigenvalue weighted by atomic mass is 10.1. The number of carbonyl (C=O) groups excluding carboxylic acids is 3. The Balaban J connectivity index is 1.18. The number of anilines is 1. The number of hydrogen-bond donors (Lipinski definition) is 4. The summed E-state index contributed by atoms with van der Waals surface area (Å²) in [7, 11) is 1.56. The first-order valence-corrected chi connectivity index (χ1v) is 20.0. The zero-order chi connectivity index (χ0) is 39.3. The number of nitrogens with one attached hydrogen (secondary N) is 3. The summed E-state index contributed by atoms with van der Waals surface area (Å²) >= 11 is 7.98. The van der Waals surface area contributed by atoms with Crippen molar-refractivity contribution in [1.82, 2.24) is 25.5 Å². The molecule has 4 fully saturated rings. The van der Waals surface area contributed by atoms with Crippen molar-refractivity contribution in [3.63, 3.8) is 0 Å². The van der Waals surface area contributed by atoms with E-state index in [1.165, 1.54) is 16.2 Å². The normalized spacial score (nSPS) is 26.9. The number of fused-ring (bicyclic) bond motifs is 2. The number of ether oxygens (including phenoxy) is 3. The Morgan fingerprint density at radius 3 is 2.49 bits per heavy atom. The van der Waals surface area contributed by atoms with E-state index < -0.39 is 47.6 Å². The molecular weight excluding hydrogens is 748 g/mol. The van der Waals surface area contributed by atoms with Crippen LogP contribution in [-0.2, 0) is 19.1 Å². The van der Waals surface area contributed by atoms with E-state index in [0.29, 0.717) is 73.5 Å². The van der Waals surface area contributed by atoms with E-state index in [0.717, 1.165) is 19.3 Å². The zero-order valence-corrected chi connectivity index (χ0v) is 33.1. The maximum Gasteiger partial charge on any atom is 0.408 e. The van der Waals surface area contributed by atoms with Crippen LogP contribution >= 0.6 is 22.9 Å². The molecule has 16 heteroatoms. The third-order valence-electron chi connectivity index (χ3n) is 11.2. The number of methoxy groups -OCH3 is 1. The molecule has 3 aliphatic carbocycles. The number of thiazole rings is 1. The lowest BCUT2D eigenvalue weighted by molar-refractivity contribution is -0.145. The van der Waals surface area contributed by atoms with Gasteiger partial charge in [0.05, 0.1) is 24.9 Å². The van der Waals surface area contributed by atoms with Crippen LogP contribution in [0.15, 0.2) is 36.4 Å². The van der Waals surface area contributed by atoms with E-state index in [-0.39, 0.29) is 31.0 Å². The van der Waals surface area contributed by atoms with Crippen molar-refractivity contribution in [3.05, 3.63) is 40.8 Å². The molecule has 2 aromatic heterocycles. The first-order chi connectivity index (χ1) is 26.2. The van der Waals surface area contributed by atoms with Gasteiger partial charge in [-0.15, -0.1) is 0 Å². The highest BCUT2D eigenvalue weighted by molar-refractivity contribution is 7.20. The van der Waals surface area contributed by atoms with Gasteiger partial charge in [0.25, 0.3) is 0 Å². The molecule has 1 aliphatic heterocycles. The number of pyridine rings is 1. The molecule has 3 heterocycles. The highest BCUT2D eigenvalue weighted by Gasteiger charge is 2.61. The lowest BCUT2D eigenvalue weighted by Gasteiger charge is -2.29. The molecule has 8 atom stereocenters. The van der Waals surface area contributed by atoms with E-state index in [1.807, 2.05) is 26.8 Å². The minimum atomic E-state index is -1.41. The molecule has 3 saturated carbocycles. The molecule has 0 radical (unpaired) electrons. The fourth-order valence-electron chi connectivity index (χ4n) is 8.06. The summed E-state index contributed by atoms with van der Waals surface area (Å²) in [4.78, 5) is 64.8. The van der Waals surface area contributed by atoms with Gasteiger partial charge in [-0.05, 0) is 81.9 Å². The fraction of sp³-hybridized carbons (Fsp3) is 0.538. The van der Waals surface area contributed by atoms with Crippen molar-refractivity contribution in [2.75, 3.05) is 19.0 Å². The van der Waals surface area contributed by atoms with Crippen LogP contribution in [0.1, 0.15) is 66.2 Å². The van der Waals surface area contributed by atoms with Gasteiger partial charge < -0.3 is 40.2 Å². The molecule has 1 unspecified atom stereocenters. The average Bonchev–Trinajstić information content (AvgIpc) is 3.86.